The molecule has 3 nitrogen and oxygen atoms in total. The summed E-state index contributed by atoms with van der Waals surface area (Å²) in [6.45, 7) is 4.87. The molecule has 3 rings (SSSR count). The van der Waals surface area contributed by atoms with Crippen LogP contribution >= 0.6 is 0 Å². The fourth-order valence-corrected chi connectivity index (χ4v) is 3.41. The lowest BCUT2D eigenvalue weighted by atomic mass is 9.96. The largest absolute Gasteiger partial charge is 0.332 e. The van der Waals surface area contributed by atoms with Gasteiger partial charge in [-0.3, -0.25) is 4.79 Å². The highest BCUT2D eigenvalue weighted by atomic mass is 16.2. The first-order valence-corrected chi connectivity index (χ1v) is 8.57. The van der Waals surface area contributed by atoms with Gasteiger partial charge in [0.15, 0.2) is 0 Å². The lowest BCUT2D eigenvalue weighted by Gasteiger charge is -2.21. The summed E-state index contributed by atoms with van der Waals surface area (Å²) in [5, 5.41) is 9.31. The summed E-state index contributed by atoms with van der Waals surface area (Å²) < 4.78 is 0. The SMILES string of the molecule is CCCCC(=O)N1Cc2cc(-c3ccccc3C#N)ccc2C1C. The van der Waals surface area contributed by atoms with E-state index in [2.05, 4.69) is 38.1 Å². The van der Waals surface area contributed by atoms with Gasteiger partial charge in [0.1, 0.15) is 0 Å². The maximum absolute atomic E-state index is 12.4. The summed E-state index contributed by atoms with van der Waals surface area (Å²) in [6.07, 6.45) is 2.61. The Kier molecular flexibility index (Phi) is 4.66. The Morgan fingerprint density at radius 2 is 2.08 bits per heavy atom. The minimum Gasteiger partial charge on any atom is -0.332 e. The van der Waals surface area contributed by atoms with Crippen molar-refractivity contribution in [2.75, 3.05) is 0 Å². The molecule has 1 atom stereocenters. The summed E-state index contributed by atoms with van der Waals surface area (Å²) in [5.41, 5.74) is 5.09. The smallest absolute Gasteiger partial charge is 0.223 e. The van der Waals surface area contributed by atoms with Crippen molar-refractivity contribution < 1.29 is 4.79 Å². The Hall–Kier alpha value is -2.60. The molecule has 0 spiro atoms. The van der Waals surface area contributed by atoms with E-state index in [0.29, 0.717) is 18.5 Å². The molecule has 0 N–H and O–H groups in total. The second-order valence-corrected chi connectivity index (χ2v) is 6.37. The minimum absolute atomic E-state index is 0.129. The van der Waals surface area contributed by atoms with Gasteiger partial charge in [0.25, 0.3) is 0 Å². The molecule has 0 aromatic heterocycles. The predicted molar refractivity (Wildman–Crippen MR) is 95.1 cm³/mol. The van der Waals surface area contributed by atoms with Crippen LogP contribution in [-0.2, 0) is 11.3 Å². The molecule has 1 unspecified atom stereocenters. The van der Waals surface area contributed by atoms with Gasteiger partial charge in [-0.15, -0.1) is 0 Å². The number of carbonyl (C=O) groups excluding carboxylic acids is 1. The van der Waals surface area contributed by atoms with Crippen LogP contribution in [0.4, 0.5) is 0 Å². The van der Waals surface area contributed by atoms with E-state index >= 15 is 0 Å². The zero-order chi connectivity index (χ0) is 17.1. The maximum atomic E-state index is 12.4. The van der Waals surface area contributed by atoms with Crippen molar-refractivity contribution in [3.8, 4) is 17.2 Å². The highest BCUT2D eigenvalue weighted by Gasteiger charge is 2.30. The standard InChI is InChI=1S/C21H22N2O/c1-3-4-9-21(24)23-14-18-12-16(10-11-19(18)15(23)2)20-8-6-5-7-17(20)13-22/h5-8,10-12,15H,3-4,9,14H2,1-2H3. The fraction of sp³-hybridized carbons (Fsp3) is 0.333. The molecule has 0 radical (unpaired) electrons. The number of benzene rings is 2. The summed E-state index contributed by atoms with van der Waals surface area (Å²) in [4.78, 5) is 14.4. The van der Waals surface area contributed by atoms with E-state index in [-0.39, 0.29) is 11.9 Å². The monoisotopic (exact) mass is 318 g/mol. The van der Waals surface area contributed by atoms with E-state index in [1.807, 2.05) is 29.2 Å². The molecule has 2 aromatic carbocycles. The molecule has 1 heterocycles. The Labute approximate surface area is 143 Å². The van der Waals surface area contributed by atoms with Crippen molar-refractivity contribution in [3.63, 3.8) is 0 Å². The van der Waals surface area contributed by atoms with Crippen molar-refractivity contribution >= 4 is 5.91 Å². The summed E-state index contributed by atoms with van der Waals surface area (Å²) >= 11 is 0. The first-order chi connectivity index (χ1) is 11.7. The predicted octanol–water partition coefficient (Wildman–Crippen LogP) is 4.82. The molecule has 0 aliphatic carbocycles. The number of hydrogen-bond donors (Lipinski definition) is 0. The third-order valence-electron chi connectivity index (χ3n) is 4.82. The van der Waals surface area contributed by atoms with Gasteiger partial charge >= 0.3 is 0 Å². The molecule has 1 aliphatic rings. The van der Waals surface area contributed by atoms with Crippen molar-refractivity contribution in [1.29, 1.82) is 5.26 Å². The van der Waals surface area contributed by atoms with Gasteiger partial charge in [-0.2, -0.15) is 5.26 Å². The number of rotatable bonds is 4. The van der Waals surface area contributed by atoms with Crippen LogP contribution < -0.4 is 0 Å². The summed E-state index contributed by atoms with van der Waals surface area (Å²) in [6, 6.07) is 16.3. The average molecular weight is 318 g/mol. The molecular weight excluding hydrogens is 296 g/mol. The van der Waals surface area contributed by atoms with Crippen LogP contribution in [0.2, 0.25) is 0 Å². The minimum atomic E-state index is 0.129. The molecular formula is C21H22N2O. The van der Waals surface area contributed by atoms with Crippen molar-refractivity contribution in [2.24, 2.45) is 0 Å². The zero-order valence-corrected chi connectivity index (χ0v) is 14.2. The van der Waals surface area contributed by atoms with Gasteiger partial charge in [-0.1, -0.05) is 43.7 Å². The number of amides is 1. The van der Waals surface area contributed by atoms with E-state index in [4.69, 9.17) is 0 Å². The first kappa shape index (κ1) is 16.3. The zero-order valence-electron chi connectivity index (χ0n) is 14.2. The van der Waals surface area contributed by atoms with Crippen LogP contribution in [0.25, 0.3) is 11.1 Å². The number of unbranched alkanes of at least 4 members (excludes halogenated alkanes) is 1. The second-order valence-electron chi connectivity index (χ2n) is 6.37. The molecule has 2 aromatic rings. The normalized spacial score (nSPS) is 15.9. The quantitative estimate of drug-likeness (QED) is 0.811. The highest BCUT2D eigenvalue weighted by Crippen LogP contribution is 2.36. The molecule has 0 bridgehead atoms. The molecule has 0 fully saturated rings. The van der Waals surface area contributed by atoms with Crippen LogP contribution in [-0.4, -0.2) is 10.8 Å². The van der Waals surface area contributed by atoms with Crippen LogP contribution in [0, 0.1) is 11.3 Å². The van der Waals surface area contributed by atoms with E-state index in [0.717, 1.165) is 24.0 Å². The van der Waals surface area contributed by atoms with Crippen LogP contribution in [0.3, 0.4) is 0 Å². The number of nitrogens with zero attached hydrogens (tertiary/aromatic N) is 2. The van der Waals surface area contributed by atoms with Gasteiger partial charge in [-0.25, -0.2) is 0 Å². The van der Waals surface area contributed by atoms with E-state index in [1.54, 1.807) is 0 Å². The van der Waals surface area contributed by atoms with Crippen LogP contribution in [0.15, 0.2) is 42.5 Å². The highest BCUT2D eigenvalue weighted by molar-refractivity contribution is 5.78. The maximum Gasteiger partial charge on any atom is 0.223 e. The molecule has 1 amide bonds. The Bertz CT molecular complexity index is 804. The van der Waals surface area contributed by atoms with Crippen LogP contribution in [0.1, 0.15) is 55.8 Å². The van der Waals surface area contributed by atoms with Gasteiger partial charge in [0, 0.05) is 13.0 Å². The second kappa shape index (κ2) is 6.88. The number of carbonyl (C=O) groups is 1. The summed E-state index contributed by atoms with van der Waals surface area (Å²) in [5.74, 6) is 0.236. The molecule has 0 saturated heterocycles. The molecule has 3 heteroatoms. The van der Waals surface area contributed by atoms with E-state index in [1.165, 1.54) is 11.1 Å². The number of hydrogen-bond acceptors (Lipinski definition) is 2. The fourth-order valence-electron chi connectivity index (χ4n) is 3.41. The van der Waals surface area contributed by atoms with Gasteiger partial charge < -0.3 is 4.90 Å². The van der Waals surface area contributed by atoms with Crippen molar-refractivity contribution in [2.45, 2.75) is 45.7 Å². The molecule has 1 aliphatic heterocycles. The lowest BCUT2D eigenvalue weighted by Crippen LogP contribution is -2.27. The lowest BCUT2D eigenvalue weighted by molar-refractivity contribution is -0.133. The average Bonchev–Trinajstić information content (AvgIpc) is 2.95. The Morgan fingerprint density at radius 3 is 2.83 bits per heavy atom. The Balaban J connectivity index is 1.90. The van der Waals surface area contributed by atoms with Gasteiger partial charge in [-0.05, 0) is 47.7 Å². The third kappa shape index (κ3) is 2.92. The third-order valence-corrected chi connectivity index (χ3v) is 4.82. The molecule has 122 valence electrons. The summed E-state index contributed by atoms with van der Waals surface area (Å²) in [7, 11) is 0. The van der Waals surface area contributed by atoms with E-state index < -0.39 is 0 Å². The Morgan fingerprint density at radius 1 is 1.29 bits per heavy atom. The van der Waals surface area contributed by atoms with Crippen molar-refractivity contribution in [3.05, 3.63) is 59.2 Å². The number of nitriles is 1. The van der Waals surface area contributed by atoms with Crippen LogP contribution in [0.5, 0.6) is 0 Å². The molecule has 24 heavy (non-hydrogen) atoms. The first-order valence-electron chi connectivity index (χ1n) is 8.57. The number of fused-ring (bicyclic) bond motifs is 1. The molecule has 0 saturated carbocycles. The van der Waals surface area contributed by atoms with Gasteiger partial charge in [0.2, 0.25) is 5.91 Å². The van der Waals surface area contributed by atoms with E-state index in [9.17, 15) is 10.1 Å². The van der Waals surface area contributed by atoms with Crippen molar-refractivity contribution in [1.82, 2.24) is 4.90 Å². The van der Waals surface area contributed by atoms with Gasteiger partial charge in [0.05, 0.1) is 17.7 Å². The topological polar surface area (TPSA) is 44.1 Å².